The fourth-order valence-electron chi connectivity index (χ4n) is 1.89. The number of hydrogen-bond donors (Lipinski definition) is 2. The molecule has 2 N–H and O–H groups in total. The molecule has 1 rings (SSSR count). The molecular formula is C12H23NO4. The summed E-state index contributed by atoms with van der Waals surface area (Å²) in [7, 11) is 0. The van der Waals surface area contributed by atoms with E-state index < -0.39 is 11.2 Å². The van der Waals surface area contributed by atoms with Crippen molar-refractivity contribution >= 4 is 6.09 Å². The molecular weight excluding hydrogens is 222 g/mol. The molecule has 2 atom stereocenters. The van der Waals surface area contributed by atoms with Gasteiger partial charge in [0.1, 0.15) is 5.60 Å². The molecule has 1 aliphatic rings. The zero-order chi connectivity index (χ0) is 13.3. The monoisotopic (exact) mass is 245 g/mol. The first-order valence-corrected chi connectivity index (χ1v) is 5.97. The highest BCUT2D eigenvalue weighted by Gasteiger charge is 2.39. The Morgan fingerprint density at radius 3 is 2.47 bits per heavy atom. The van der Waals surface area contributed by atoms with Gasteiger partial charge in [0.15, 0.2) is 0 Å². The van der Waals surface area contributed by atoms with Crippen molar-refractivity contribution < 1.29 is 19.7 Å². The second-order valence-electron chi connectivity index (χ2n) is 5.93. The molecule has 0 aliphatic carbocycles. The van der Waals surface area contributed by atoms with Gasteiger partial charge in [0.2, 0.25) is 0 Å². The van der Waals surface area contributed by atoms with Crippen LogP contribution in [-0.2, 0) is 4.74 Å². The van der Waals surface area contributed by atoms with Crippen LogP contribution in [0.15, 0.2) is 0 Å². The van der Waals surface area contributed by atoms with Crippen molar-refractivity contribution in [2.24, 2.45) is 5.92 Å². The number of ether oxygens (including phenoxy) is 1. The van der Waals surface area contributed by atoms with Crippen molar-refractivity contribution in [3.05, 3.63) is 0 Å². The molecule has 1 saturated heterocycles. The van der Waals surface area contributed by atoms with Gasteiger partial charge in [-0.15, -0.1) is 0 Å². The standard InChI is InChI=1S/C12H23NO4/c1-11(2,3)17-10(15)13-6-5-9(7-13)12(4,16)8-14/h9,14,16H,5-8H2,1-4H3. The normalized spacial score (nSPS) is 24.6. The summed E-state index contributed by atoms with van der Waals surface area (Å²) >= 11 is 0. The average molecular weight is 245 g/mol. The van der Waals surface area contributed by atoms with E-state index in [1.54, 1.807) is 11.8 Å². The third-order valence-electron chi connectivity index (χ3n) is 3.04. The van der Waals surface area contributed by atoms with Crippen LogP contribution >= 0.6 is 0 Å². The summed E-state index contributed by atoms with van der Waals surface area (Å²) in [6.45, 7) is 7.77. The van der Waals surface area contributed by atoms with E-state index >= 15 is 0 Å². The van der Waals surface area contributed by atoms with E-state index in [0.29, 0.717) is 19.5 Å². The topological polar surface area (TPSA) is 70.0 Å². The van der Waals surface area contributed by atoms with Gasteiger partial charge in [0.05, 0.1) is 12.2 Å². The summed E-state index contributed by atoms with van der Waals surface area (Å²) in [5, 5.41) is 19.0. The quantitative estimate of drug-likeness (QED) is 0.761. The number of hydrogen-bond acceptors (Lipinski definition) is 4. The van der Waals surface area contributed by atoms with Crippen molar-refractivity contribution in [1.29, 1.82) is 0 Å². The van der Waals surface area contributed by atoms with E-state index in [4.69, 9.17) is 9.84 Å². The molecule has 1 fully saturated rings. The number of amides is 1. The average Bonchev–Trinajstić information content (AvgIpc) is 2.64. The smallest absolute Gasteiger partial charge is 0.410 e. The van der Waals surface area contributed by atoms with E-state index in [-0.39, 0.29) is 18.6 Å². The van der Waals surface area contributed by atoms with Gasteiger partial charge in [-0.1, -0.05) is 0 Å². The number of rotatable bonds is 2. The predicted molar refractivity (Wildman–Crippen MR) is 63.6 cm³/mol. The first-order chi connectivity index (χ1) is 7.65. The van der Waals surface area contributed by atoms with E-state index in [1.165, 1.54) is 0 Å². The third kappa shape index (κ3) is 3.85. The Morgan fingerprint density at radius 1 is 1.41 bits per heavy atom. The van der Waals surface area contributed by atoms with Gasteiger partial charge in [-0.25, -0.2) is 4.79 Å². The van der Waals surface area contributed by atoms with Crippen LogP contribution in [0.5, 0.6) is 0 Å². The number of carbonyl (C=O) groups is 1. The van der Waals surface area contributed by atoms with Crippen molar-refractivity contribution in [3.8, 4) is 0 Å². The first kappa shape index (κ1) is 14.3. The molecule has 0 saturated carbocycles. The number of likely N-dealkylation sites (tertiary alicyclic amines) is 1. The molecule has 5 nitrogen and oxygen atoms in total. The van der Waals surface area contributed by atoms with Crippen LogP contribution in [-0.4, -0.2) is 52.1 Å². The number of nitrogens with zero attached hydrogens (tertiary/aromatic N) is 1. The Kier molecular flexibility index (Phi) is 4.04. The lowest BCUT2D eigenvalue weighted by molar-refractivity contribution is -0.0438. The fraction of sp³-hybridized carbons (Fsp3) is 0.917. The summed E-state index contributed by atoms with van der Waals surface area (Å²) in [4.78, 5) is 13.4. The number of aliphatic hydroxyl groups is 2. The minimum absolute atomic E-state index is 0.0972. The lowest BCUT2D eigenvalue weighted by atomic mass is 9.89. The lowest BCUT2D eigenvalue weighted by Gasteiger charge is -2.28. The number of aliphatic hydroxyl groups excluding tert-OH is 1. The molecule has 0 aromatic heterocycles. The molecule has 2 unspecified atom stereocenters. The van der Waals surface area contributed by atoms with Crippen LogP contribution in [0.1, 0.15) is 34.1 Å². The largest absolute Gasteiger partial charge is 0.444 e. The molecule has 1 heterocycles. The highest BCUT2D eigenvalue weighted by atomic mass is 16.6. The van der Waals surface area contributed by atoms with E-state index in [2.05, 4.69) is 0 Å². The van der Waals surface area contributed by atoms with Gasteiger partial charge in [-0.3, -0.25) is 0 Å². The Labute approximate surface area is 102 Å². The van der Waals surface area contributed by atoms with Crippen LogP contribution in [0.2, 0.25) is 0 Å². The van der Waals surface area contributed by atoms with E-state index in [9.17, 15) is 9.90 Å². The van der Waals surface area contributed by atoms with Crippen LogP contribution in [0.25, 0.3) is 0 Å². The first-order valence-electron chi connectivity index (χ1n) is 5.97. The SMILES string of the molecule is CC(C)(C)OC(=O)N1CCC(C(C)(O)CO)C1. The maximum Gasteiger partial charge on any atom is 0.410 e. The molecule has 17 heavy (non-hydrogen) atoms. The molecule has 0 spiro atoms. The third-order valence-corrected chi connectivity index (χ3v) is 3.04. The van der Waals surface area contributed by atoms with Crippen molar-refractivity contribution in [1.82, 2.24) is 4.90 Å². The molecule has 1 amide bonds. The van der Waals surface area contributed by atoms with E-state index in [0.717, 1.165) is 0 Å². The maximum absolute atomic E-state index is 11.8. The van der Waals surface area contributed by atoms with Gasteiger partial charge in [-0.2, -0.15) is 0 Å². The van der Waals surface area contributed by atoms with Gasteiger partial charge in [-0.05, 0) is 34.1 Å². The minimum Gasteiger partial charge on any atom is -0.444 e. The Hall–Kier alpha value is -0.810. The predicted octanol–water partition coefficient (Wildman–Crippen LogP) is 0.987. The number of carbonyl (C=O) groups excluding carboxylic acids is 1. The second kappa shape index (κ2) is 4.82. The van der Waals surface area contributed by atoms with Crippen molar-refractivity contribution in [2.75, 3.05) is 19.7 Å². The fourth-order valence-corrected chi connectivity index (χ4v) is 1.89. The molecule has 100 valence electrons. The van der Waals surface area contributed by atoms with Gasteiger partial charge >= 0.3 is 6.09 Å². The summed E-state index contributed by atoms with van der Waals surface area (Å²) in [6.07, 6.45) is 0.334. The highest BCUT2D eigenvalue weighted by molar-refractivity contribution is 5.68. The van der Waals surface area contributed by atoms with Crippen molar-refractivity contribution in [2.45, 2.75) is 45.3 Å². The minimum atomic E-state index is -1.13. The Morgan fingerprint density at radius 2 is 2.00 bits per heavy atom. The zero-order valence-electron chi connectivity index (χ0n) is 11.1. The van der Waals surface area contributed by atoms with E-state index in [1.807, 2.05) is 20.8 Å². The second-order valence-corrected chi connectivity index (χ2v) is 5.93. The van der Waals surface area contributed by atoms with Crippen LogP contribution in [0.3, 0.4) is 0 Å². The maximum atomic E-state index is 11.8. The van der Waals surface area contributed by atoms with Gasteiger partial charge < -0.3 is 19.8 Å². The highest BCUT2D eigenvalue weighted by Crippen LogP contribution is 2.28. The summed E-state index contributed by atoms with van der Waals surface area (Å²) in [5.74, 6) is -0.0972. The Bertz CT molecular complexity index is 283. The molecule has 1 aliphatic heterocycles. The Balaban J connectivity index is 2.54. The molecule has 5 heteroatoms. The van der Waals surface area contributed by atoms with Gasteiger partial charge in [0, 0.05) is 19.0 Å². The zero-order valence-corrected chi connectivity index (χ0v) is 11.1. The van der Waals surface area contributed by atoms with Crippen molar-refractivity contribution in [3.63, 3.8) is 0 Å². The molecule has 0 radical (unpaired) electrons. The summed E-state index contributed by atoms with van der Waals surface area (Å²) in [5.41, 5.74) is -1.63. The molecule has 0 aromatic rings. The summed E-state index contributed by atoms with van der Waals surface area (Å²) in [6, 6.07) is 0. The lowest BCUT2D eigenvalue weighted by Crippen LogP contribution is -2.41. The van der Waals surface area contributed by atoms with Crippen LogP contribution in [0, 0.1) is 5.92 Å². The van der Waals surface area contributed by atoms with Crippen LogP contribution < -0.4 is 0 Å². The summed E-state index contributed by atoms with van der Waals surface area (Å²) < 4.78 is 5.26. The molecule has 0 bridgehead atoms. The van der Waals surface area contributed by atoms with Crippen LogP contribution in [0.4, 0.5) is 4.79 Å². The van der Waals surface area contributed by atoms with Gasteiger partial charge in [0.25, 0.3) is 0 Å². The molecule has 0 aromatic carbocycles.